The van der Waals surface area contributed by atoms with Gasteiger partial charge in [-0.3, -0.25) is 0 Å². The molecule has 0 amide bonds. The average Bonchev–Trinajstić information content (AvgIpc) is 1.76. The summed E-state index contributed by atoms with van der Waals surface area (Å²) in [6.07, 6.45) is 4.25. The molecule has 1 saturated heterocycles. The van der Waals surface area contributed by atoms with Crippen LogP contribution in [-0.2, 0) is 0 Å². The fraction of sp³-hybridized carbons (Fsp3) is 0.750. The number of rotatable bonds is 0. The molecule has 0 unspecified atom stereocenters. The molecule has 1 heterocycles. The summed E-state index contributed by atoms with van der Waals surface area (Å²) in [5.74, 6) is 0. The van der Waals surface area contributed by atoms with E-state index in [0.29, 0.717) is 0 Å². The van der Waals surface area contributed by atoms with Gasteiger partial charge in [0.2, 0.25) is 0 Å². The Balaban J connectivity index is 2.08. The van der Waals surface area contributed by atoms with Crippen LogP contribution in [0.2, 0.25) is 0 Å². The van der Waals surface area contributed by atoms with E-state index in [1.165, 1.54) is 0 Å². The lowest BCUT2D eigenvalue weighted by molar-refractivity contribution is 0.862. The first-order valence-corrected chi connectivity index (χ1v) is 1.91. The van der Waals surface area contributed by atoms with E-state index in [1.807, 2.05) is 0 Å². The van der Waals surface area contributed by atoms with Gasteiger partial charge in [0.15, 0.2) is 0 Å². The van der Waals surface area contributed by atoms with E-state index in [2.05, 4.69) is 11.7 Å². The van der Waals surface area contributed by atoms with Gasteiger partial charge in [0.1, 0.15) is 0 Å². The Morgan fingerprint density at radius 2 is 2.60 bits per heavy atom. The first-order chi connectivity index (χ1) is 2.50. The molecule has 1 heteroatoms. The van der Waals surface area contributed by atoms with Crippen molar-refractivity contribution in [2.75, 3.05) is 13.1 Å². The van der Waals surface area contributed by atoms with Gasteiger partial charge in [0, 0.05) is 6.54 Å². The summed E-state index contributed by atoms with van der Waals surface area (Å²) in [6.45, 7) is 2.14. The van der Waals surface area contributed by atoms with Crippen LogP contribution in [-0.4, -0.2) is 13.1 Å². The van der Waals surface area contributed by atoms with Gasteiger partial charge < -0.3 is 5.32 Å². The standard InChI is InChI=1S/C4H7N/c1-2-4-5-3-1/h5H,1,3-4H2. The molecule has 28 valence electrons. The number of hydrogen-bond acceptors (Lipinski definition) is 1. The Morgan fingerprint density at radius 1 is 1.60 bits per heavy atom. The highest BCUT2D eigenvalue weighted by Crippen LogP contribution is 1.88. The van der Waals surface area contributed by atoms with Gasteiger partial charge >= 0.3 is 0 Å². The summed E-state index contributed by atoms with van der Waals surface area (Å²) in [5, 5.41) is 3.11. The summed E-state index contributed by atoms with van der Waals surface area (Å²) >= 11 is 0. The average molecular weight is 69.1 g/mol. The second kappa shape index (κ2) is 1.41. The van der Waals surface area contributed by atoms with Gasteiger partial charge in [-0.2, -0.15) is 0 Å². The second-order valence-corrected chi connectivity index (χ2v) is 1.18. The van der Waals surface area contributed by atoms with Crippen molar-refractivity contribution in [3.63, 3.8) is 0 Å². The zero-order chi connectivity index (χ0) is 3.54. The van der Waals surface area contributed by atoms with Crippen LogP contribution in [0.5, 0.6) is 0 Å². The normalized spacial score (nSPS) is 24.0. The summed E-state index contributed by atoms with van der Waals surface area (Å²) in [6, 6.07) is 0. The van der Waals surface area contributed by atoms with E-state index < -0.39 is 0 Å². The highest BCUT2D eigenvalue weighted by molar-refractivity contribution is 4.75. The molecule has 5 heavy (non-hydrogen) atoms. The molecule has 1 fully saturated rings. The predicted molar refractivity (Wildman–Crippen MR) is 20.7 cm³/mol. The third kappa shape index (κ3) is 0.618. The fourth-order valence-corrected chi connectivity index (χ4v) is 0.442. The molecule has 0 aliphatic carbocycles. The van der Waals surface area contributed by atoms with Crippen molar-refractivity contribution in [2.45, 2.75) is 6.42 Å². The van der Waals surface area contributed by atoms with Crippen molar-refractivity contribution in [1.29, 1.82) is 0 Å². The maximum absolute atomic E-state index is 3.11. The summed E-state index contributed by atoms with van der Waals surface area (Å²) in [7, 11) is 0. The molecule has 1 nitrogen and oxygen atoms in total. The molecule has 0 aromatic carbocycles. The van der Waals surface area contributed by atoms with Crippen molar-refractivity contribution < 1.29 is 0 Å². The molecule has 0 aromatic heterocycles. The highest BCUT2D eigenvalue weighted by atomic mass is 14.9. The third-order valence-corrected chi connectivity index (χ3v) is 0.729. The molecular weight excluding hydrogens is 62.1 g/mol. The lowest BCUT2D eigenvalue weighted by atomic mass is 10.4. The summed E-state index contributed by atoms with van der Waals surface area (Å²) in [5.41, 5.74) is 0. The Kier molecular flexibility index (Phi) is 0.892. The summed E-state index contributed by atoms with van der Waals surface area (Å²) < 4.78 is 0. The quantitative estimate of drug-likeness (QED) is 0.424. The molecule has 2 radical (unpaired) electrons. The fourth-order valence-electron chi connectivity index (χ4n) is 0.442. The van der Waals surface area contributed by atoms with Crippen LogP contribution in [0.3, 0.4) is 0 Å². The SMILES string of the molecule is [C]1CCNC1. The van der Waals surface area contributed by atoms with E-state index in [1.54, 1.807) is 0 Å². The molecule has 0 spiro atoms. The molecule has 0 aromatic rings. The topological polar surface area (TPSA) is 12.0 Å². The minimum atomic E-state index is 1.00. The number of nitrogens with one attached hydrogen (secondary N) is 1. The third-order valence-electron chi connectivity index (χ3n) is 0.729. The van der Waals surface area contributed by atoms with Crippen molar-refractivity contribution in [2.24, 2.45) is 0 Å². The van der Waals surface area contributed by atoms with Crippen LogP contribution in [0.25, 0.3) is 0 Å². The van der Waals surface area contributed by atoms with E-state index in [0.717, 1.165) is 19.5 Å². The Hall–Kier alpha value is -0.0400. The molecule has 1 N–H and O–H groups in total. The summed E-state index contributed by atoms with van der Waals surface area (Å²) in [4.78, 5) is 0. The number of hydrogen-bond donors (Lipinski definition) is 1. The monoisotopic (exact) mass is 69.1 g/mol. The maximum atomic E-state index is 3.11. The largest absolute Gasteiger partial charge is 0.316 e. The lowest BCUT2D eigenvalue weighted by Gasteiger charge is -1.76. The van der Waals surface area contributed by atoms with Gasteiger partial charge in [-0.15, -0.1) is 0 Å². The van der Waals surface area contributed by atoms with Gasteiger partial charge in [-0.25, -0.2) is 0 Å². The molecule has 0 saturated carbocycles. The van der Waals surface area contributed by atoms with Crippen LogP contribution in [0.1, 0.15) is 6.42 Å². The second-order valence-electron chi connectivity index (χ2n) is 1.18. The minimum Gasteiger partial charge on any atom is -0.316 e. The van der Waals surface area contributed by atoms with Gasteiger partial charge in [-0.05, 0) is 19.4 Å². The van der Waals surface area contributed by atoms with E-state index in [-0.39, 0.29) is 0 Å². The Labute approximate surface area is 32.4 Å². The van der Waals surface area contributed by atoms with Gasteiger partial charge in [0.25, 0.3) is 0 Å². The van der Waals surface area contributed by atoms with Gasteiger partial charge in [-0.1, -0.05) is 0 Å². The minimum absolute atomic E-state index is 1.00. The van der Waals surface area contributed by atoms with Crippen molar-refractivity contribution in [3.8, 4) is 0 Å². The Morgan fingerprint density at radius 3 is 2.80 bits per heavy atom. The van der Waals surface area contributed by atoms with E-state index in [4.69, 9.17) is 0 Å². The first kappa shape index (κ1) is 3.16. The van der Waals surface area contributed by atoms with Crippen LogP contribution in [0.4, 0.5) is 0 Å². The Bertz CT molecular complexity index is 15.2. The smallest absolute Gasteiger partial charge is 0.00204 e. The molecule has 0 atom stereocenters. The van der Waals surface area contributed by atoms with Gasteiger partial charge in [0.05, 0.1) is 0 Å². The van der Waals surface area contributed by atoms with Crippen LogP contribution in [0, 0.1) is 6.42 Å². The molecule has 1 rings (SSSR count). The zero-order valence-corrected chi connectivity index (χ0v) is 3.12. The van der Waals surface area contributed by atoms with Crippen LogP contribution in [0.15, 0.2) is 0 Å². The maximum Gasteiger partial charge on any atom is 0.00204 e. The first-order valence-electron chi connectivity index (χ1n) is 1.91. The zero-order valence-electron chi connectivity index (χ0n) is 3.12. The van der Waals surface area contributed by atoms with Crippen LogP contribution >= 0.6 is 0 Å². The molecule has 1 aliphatic heterocycles. The van der Waals surface area contributed by atoms with E-state index >= 15 is 0 Å². The van der Waals surface area contributed by atoms with Crippen molar-refractivity contribution in [3.05, 3.63) is 6.42 Å². The lowest BCUT2D eigenvalue weighted by Crippen LogP contribution is -2.03. The van der Waals surface area contributed by atoms with Crippen molar-refractivity contribution >= 4 is 0 Å². The molecule has 0 bridgehead atoms. The van der Waals surface area contributed by atoms with Crippen LogP contribution < -0.4 is 5.32 Å². The van der Waals surface area contributed by atoms with E-state index in [9.17, 15) is 0 Å². The molecular formula is C4H7N. The highest BCUT2D eigenvalue weighted by Gasteiger charge is 1.94. The predicted octanol–water partition coefficient (Wildman–Crippen LogP) is 0.0610. The molecule has 1 aliphatic rings. The van der Waals surface area contributed by atoms with Crippen molar-refractivity contribution in [1.82, 2.24) is 5.32 Å².